The minimum atomic E-state index is 0.308. The molecule has 0 aromatic heterocycles. The third-order valence-electron chi connectivity index (χ3n) is 4.16. The van der Waals surface area contributed by atoms with Gasteiger partial charge in [0.2, 0.25) is 0 Å². The van der Waals surface area contributed by atoms with Gasteiger partial charge in [-0.25, -0.2) is 0 Å². The van der Waals surface area contributed by atoms with Crippen molar-refractivity contribution in [2.24, 2.45) is 17.6 Å². The fourth-order valence-electron chi connectivity index (χ4n) is 2.68. The van der Waals surface area contributed by atoms with Gasteiger partial charge in [-0.15, -0.1) is 0 Å². The highest BCUT2D eigenvalue weighted by Crippen LogP contribution is 2.36. The number of rotatable bonds is 7. The van der Waals surface area contributed by atoms with Gasteiger partial charge >= 0.3 is 0 Å². The Hall–Kier alpha value is -0.860. The van der Waals surface area contributed by atoms with E-state index in [1.54, 1.807) is 0 Å². The third-order valence-corrected chi connectivity index (χ3v) is 4.16. The van der Waals surface area contributed by atoms with Crippen molar-refractivity contribution in [3.05, 3.63) is 35.4 Å². The molecule has 2 nitrogen and oxygen atoms in total. The monoisotopic (exact) mass is 246 g/mol. The number of hydrogen-bond acceptors (Lipinski definition) is 2. The van der Waals surface area contributed by atoms with Crippen LogP contribution < -0.4 is 11.1 Å². The molecule has 0 bridgehead atoms. The second-order valence-electron chi connectivity index (χ2n) is 5.56. The second-order valence-corrected chi connectivity index (χ2v) is 5.56. The highest BCUT2D eigenvalue weighted by atomic mass is 14.9. The average molecular weight is 246 g/mol. The summed E-state index contributed by atoms with van der Waals surface area (Å²) < 4.78 is 0. The average Bonchev–Trinajstić information content (AvgIpc) is 3.24. The van der Waals surface area contributed by atoms with E-state index in [0.29, 0.717) is 12.6 Å². The highest BCUT2D eigenvalue weighted by Gasteiger charge is 2.28. The lowest BCUT2D eigenvalue weighted by molar-refractivity contribution is 0.421. The van der Waals surface area contributed by atoms with Crippen molar-refractivity contribution in [2.75, 3.05) is 13.1 Å². The van der Waals surface area contributed by atoms with Gasteiger partial charge in [-0.2, -0.15) is 0 Å². The Labute approximate surface area is 111 Å². The smallest absolute Gasteiger partial charge is 0.0447 e. The summed E-state index contributed by atoms with van der Waals surface area (Å²) in [6.07, 6.45) is 3.91. The lowest BCUT2D eigenvalue weighted by Gasteiger charge is -2.22. The molecular weight excluding hydrogens is 220 g/mol. The predicted octanol–water partition coefficient (Wildman–Crippen LogP) is 2.88. The summed E-state index contributed by atoms with van der Waals surface area (Å²) in [7, 11) is 0. The van der Waals surface area contributed by atoms with Gasteiger partial charge in [-0.05, 0) is 48.8 Å². The molecule has 0 amide bonds. The van der Waals surface area contributed by atoms with E-state index in [4.69, 9.17) is 5.73 Å². The predicted molar refractivity (Wildman–Crippen MR) is 77.5 cm³/mol. The molecule has 1 saturated carbocycles. The van der Waals surface area contributed by atoms with Crippen molar-refractivity contribution in [2.45, 2.75) is 39.2 Å². The van der Waals surface area contributed by atoms with E-state index in [1.807, 2.05) is 0 Å². The Morgan fingerprint density at radius 2 is 2.06 bits per heavy atom. The molecule has 0 heterocycles. The Kier molecular flexibility index (Phi) is 4.79. The van der Waals surface area contributed by atoms with E-state index in [1.165, 1.54) is 24.0 Å². The van der Waals surface area contributed by atoms with E-state index >= 15 is 0 Å². The standard InChI is InChI=1S/C16H26N2/c1-3-13-6-4-5-7-15(13)16(10-17)18-11-12(2)14-8-9-14/h4-7,12,14,16,18H,3,8-11,17H2,1-2H3. The van der Waals surface area contributed by atoms with Crippen molar-refractivity contribution in [1.82, 2.24) is 5.32 Å². The van der Waals surface area contributed by atoms with E-state index < -0.39 is 0 Å². The zero-order valence-electron chi connectivity index (χ0n) is 11.7. The summed E-state index contributed by atoms with van der Waals surface area (Å²) in [4.78, 5) is 0. The number of hydrogen-bond donors (Lipinski definition) is 2. The maximum Gasteiger partial charge on any atom is 0.0447 e. The molecule has 0 spiro atoms. The highest BCUT2D eigenvalue weighted by molar-refractivity contribution is 5.30. The normalized spacial score (nSPS) is 18.6. The van der Waals surface area contributed by atoms with Crippen LogP contribution in [0, 0.1) is 11.8 Å². The molecular formula is C16H26N2. The number of benzene rings is 1. The Bertz CT molecular complexity index is 371. The van der Waals surface area contributed by atoms with Gasteiger partial charge < -0.3 is 11.1 Å². The van der Waals surface area contributed by atoms with Crippen LogP contribution in [0.4, 0.5) is 0 Å². The minimum absolute atomic E-state index is 0.308. The van der Waals surface area contributed by atoms with Gasteiger partial charge in [0.15, 0.2) is 0 Å². The van der Waals surface area contributed by atoms with Crippen LogP contribution >= 0.6 is 0 Å². The quantitative estimate of drug-likeness (QED) is 0.776. The van der Waals surface area contributed by atoms with Crippen LogP contribution in [-0.4, -0.2) is 13.1 Å². The Balaban J connectivity index is 1.98. The zero-order valence-corrected chi connectivity index (χ0v) is 11.7. The van der Waals surface area contributed by atoms with Crippen LogP contribution in [0.25, 0.3) is 0 Å². The molecule has 2 rings (SSSR count). The van der Waals surface area contributed by atoms with Gasteiger partial charge in [0, 0.05) is 12.6 Å². The molecule has 0 aliphatic heterocycles. The number of aryl methyl sites for hydroxylation is 1. The summed E-state index contributed by atoms with van der Waals surface area (Å²) in [5, 5.41) is 3.66. The molecule has 100 valence electrons. The molecule has 3 N–H and O–H groups in total. The summed E-state index contributed by atoms with van der Waals surface area (Å²) in [5.74, 6) is 1.74. The first-order chi connectivity index (χ1) is 8.76. The first-order valence-electron chi connectivity index (χ1n) is 7.27. The fraction of sp³-hybridized carbons (Fsp3) is 0.625. The maximum absolute atomic E-state index is 5.94. The minimum Gasteiger partial charge on any atom is -0.329 e. The molecule has 18 heavy (non-hydrogen) atoms. The van der Waals surface area contributed by atoms with Crippen molar-refractivity contribution in [3.8, 4) is 0 Å². The Morgan fingerprint density at radius 1 is 1.33 bits per heavy atom. The van der Waals surface area contributed by atoms with Gasteiger partial charge in [0.1, 0.15) is 0 Å². The molecule has 1 aromatic carbocycles. The van der Waals surface area contributed by atoms with Crippen LogP contribution in [0.2, 0.25) is 0 Å². The molecule has 2 atom stereocenters. The van der Waals surface area contributed by atoms with E-state index in [-0.39, 0.29) is 0 Å². The first-order valence-corrected chi connectivity index (χ1v) is 7.27. The molecule has 1 fully saturated rings. The SMILES string of the molecule is CCc1ccccc1C(CN)NCC(C)C1CC1. The van der Waals surface area contributed by atoms with E-state index in [9.17, 15) is 0 Å². The molecule has 1 aromatic rings. The Morgan fingerprint density at radius 3 is 2.67 bits per heavy atom. The van der Waals surface area contributed by atoms with E-state index in [2.05, 4.69) is 43.4 Å². The molecule has 0 saturated heterocycles. The largest absolute Gasteiger partial charge is 0.329 e. The summed E-state index contributed by atoms with van der Waals surface area (Å²) in [6, 6.07) is 8.96. The summed E-state index contributed by atoms with van der Waals surface area (Å²) in [6.45, 7) is 6.32. The lowest BCUT2D eigenvalue weighted by Crippen LogP contribution is -2.32. The van der Waals surface area contributed by atoms with Crippen molar-refractivity contribution in [3.63, 3.8) is 0 Å². The van der Waals surface area contributed by atoms with Crippen molar-refractivity contribution < 1.29 is 0 Å². The summed E-state index contributed by atoms with van der Waals surface area (Å²) >= 11 is 0. The number of nitrogens with two attached hydrogens (primary N) is 1. The third kappa shape index (κ3) is 3.33. The molecule has 0 radical (unpaired) electrons. The summed E-state index contributed by atoms with van der Waals surface area (Å²) in [5.41, 5.74) is 8.74. The van der Waals surface area contributed by atoms with E-state index in [0.717, 1.165) is 24.8 Å². The molecule has 1 aliphatic carbocycles. The van der Waals surface area contributed by atoms with Gasteiger partial charge in [0.25, 0.3) is 0 Å². The maximum atomic E-state index is 5.94. The van der Waals surface area contributed by atoms with Crippen molar-refractivity contribution >= 4 is 0 Å². The fourth-order valence-corrected chi connectivity index (χ4v) is 2.68. The lowest BCUT2D eigenvalue weighted by atomic mass is 9.97. The zero-order chi connectivity index (χ0) is 13.0. The molecule has 2 heteroatoms. The van der Waals surface area contributed by atoms with Crippen LogP contribution in [-0.2, 0) is 6.42 Å². The van der Waals surface area contributed by atoms with Gasteiger partial charge in [-0.3, -0.25) is 0 Å². The van der Waals surface area contributed by atoms with Crippen LogP contribution in [0.3, 0.4) is 0 Å². The van der Waals surface area contributed by atoms with Crippen LogP contribution in [0.1, 0.15) is 43.9 Å². The molecule has 1 aliphatic rings. The topological polar surface area (TPSA) is 38.0 Å². The van der Waals surface area contributed by atoms with Crippen molar-refractivity contribution in [1.29, 1.82) is 0 Å². The molecule has 2 unspecified atom stereocenters. The van der Waals surface area contributed by atoms with Gasteiger partial charge in [-0.1, -0.05) is 38.1 Å². The number of nitrogens with one attached hydrogen (secondary N) is 1. The van der Waals surface area contributed by atoms with Gasteiger partial charge in [0.05, 0.1) is 0 Å². The van der Waals surface area contributed by atoms with Crippen LogP contribution in [0.15, 0.2) is 24.3 Å². The second kappa shape index (κ2) is 6.35. The first kappa shape index (κ1) is 13.6. The van der Waals surface area contributed by atoms with Crippen LogP contribution in [0.5, 0.6) is 0 Å².